The summed E-state index contributed by atoms with van der Waals surface area (Å²) in [7, 11) is 0. The van der Waals surface area contributed by atoms with Crippen LogP contribution in [0.2, 0.25) is 0 Å². The Morgan fingerprint density at radius 2 is 2.12 bits per heavy atom. The zero-order valence-corrected chi connectivity index (χ0v) is 15.0. The van der Waals surface area contributed by atoms with E-state index in [1.54, 1.807) is 0 Å². The average molecular weight is 338 g/mol. The Morgan fingerprint density at radius 3 is 2.80 bits per heavy atom. The summed E-state index contributed by atoms with van der Waals surface area (Å²) in [6, 6.07) is 8.19. The number of amides is 1. The van der Waals surface area contributed by atoms with Crippen molar-refractivity contribution in [3.05, 3.63) is 46.8 Å². The van der Waals surface area contributed by atoms with Crippen molar-refractivity contribution in [2.24, 2.45) is 11.7 Å². The van der Waals surface area contributed by atoms with Crippen LogP contribution in [0.4, 0.5) is 0 Å². The van der Waals surface area contributed by atoms with E-state index >= 15 is 0 Å². The molecule has 0 bridgehead atoms. The van der Waals surface area contributed by atoms with Crippen molar-refractivity contribution in [2.45, 2.75) is 51.5 Å². The smallest absolute Gasteiger partial charge is 0.272 e. The fourth-order valence-electron chi connectivity index (χ4n) is 3.98. The molecule has 25 heavy (non-hydrogen) atoms. The Hall–Kier alpha value is -2.14. The van der Waals surface area contributed by atoms with Gasteiger partial charge in [0.15, 0.2) is 5.69 Å². The monoisotopic (exact) mass is 338 g/mol. The van der Waals surface area contributed by atoms with Gasteiger partial charge in [-0.05, 0) is 63.5 Å². The predicted molar refractivity (Wildman–Crippen MR) is 98.0 cm³/mol. The minimum Gasteiger partial charge on any atom is -0.344 e. The summed E-state index contributed by atoms with van der Waals surface area (Å²) in [5.74, 6) is 0.415. The van der Waals surface area contributed by atoms with Crippen molar-refractivity contribution in [1.29, 1.82) is 0 Å². The van der Waals surface area contributed by atoms with E-state index in [4.69, 9.17) is 10.8 Å². The maximum atomic E-state index is 13.0. The van der Waals surface area contributed by atoms with Crippen LogP contribution in [0.1, 0.15) is 53.5 Å². The number of aromatic nitrogens is 2. The number of benzene rings is 1. The second-order valence-corrected chi connectivity index (χ2v) is 7.68. The van der Waals surface area contributed by atoms with E-state index in [9.17, 15) is 4.79 Å². The molecule has 2 aliphatic carbocycles. The molecule has 1 atom stereocenters. The molecule has 0 saturated heterocycles. The first-order chi connectivity index (χ1) is 12.0. The summed E-state index contributed by atoms with van der Waals surface area (Å²) in [4.78, 5) is 13.0. The van der Waals surface area contributed by atoms with E-state index in [2.05, 4.69) is 31.3 Å². The third-order valence-electron chi connectivity index (χ3n) is 5.79. The highest BCUT2D eigenvalue weighted by atomic mass is 16.2. The zero-order chi connectivity index (χ0) is 17.6. The van der Waals surface area contributed by atoms with Crippen LogP contribution in [0.25, 0.3) is 5.69 Å². The lowest BCUT2D eigenvalue weighted by Gasteiger charge is -2.29. The summed E-state index contributed by atoms with van der Waals surface area (Å²) in [6.07, 6.45) is 5.26. The Labute approximate surface area is 148 Å². The largest absolute Gasteiger partial charge is 0.344 e. The topological polar surface area (TPSA) is 72.9 Å². The van der Waals surface area contributed by atoms with Crippen LogP contribution in [0.3, 0.4) is 0 Å². The third kappa shape index (κ3) is 2.76. The molecule has 1 amide bonds. The molecule has 5 heteroatoms. The van der Waals surface area contributed by atoms with Crippen molar-refractivity contribution in [1.82, 2.24) is 15.1 Å². The molecule has 2 aromatic rings. The normalized spacial score (nSPS) is 18.7. The highest BCUT2D eigenvalue weighted by Crippen LogP contribution is 2.39. The highest BCUT2D eigenvalue weighted by Gasteiger charge is 2.42. The highest BCUT2D eigenvalue weighted by molar-refractivity contribution is 5.95. The van der Waals surface area contributed by atoms with Crippen LogP contribution >= 0.6 is 0 Å². The first-order valence-corrected chi connectivity index (χ1v) is 9.23. The molecule has 132 valence electrons. The van der Waals surface area contributed by atoms with Gasteiger partial charge in [0, 0.05) is 17.8 Å². The fraction of sp³-hybridized carbons (Fsp3) is 0.500. The van der Waals surface area contributed by atoms with Gasteiger partial charge in [-0.25, -0.2) is 4.68 Å². The number of fused-ring (bicyclic) bond motifs is 1. The minimum absolute atomic E-state index is 0.0784. The second-order valence-electron chi connectivity index (χ2n) is 7.68. The van der Waals surface area contributed by atoms with E-state index in [0.717, 1.165) is 48.9 Å². The number of carbonyl (C=O) groups excluding carboxylic acids is 1. The van der Waals surface area contributed by atoms with Gasteiger partial charge in [-0.15, -0.1) is 0 Å². The number of hydrogen-bond donors (Lipinski definition) is 2. The van der Waals surface area contributed by atoms with Crippen molar-refractivity contribution in [2.75, 3.05) is 6.54 Å². The number of carbonyl (C=O) groups is 1. The minimum atomic E-state index is -0.324. The number of hydrogen-bond acceptors (Lipinski definition) is 3. The van der Waals surface area contributed by atoms with Gasteiger partial charge in [-0.3, -0.25) is 4.79 Å². The van der Waals surface area contributed by atoms with E-state index in [0.29, 0.717) is 18.2 Å². The summed E-state index contributed by atoms with van der Waals surface area (Å²) in [5, 5.41) is 7.92. The lowest BCUT2D eigenvalue weighted by atomic mass is 9.95. The Kier molecular flexibility index (Phi) is 3.91. The summed E-state index contributed by atoms with van der Waals surface area (Å²) >= 11 is 0. The lowest BCUT2D eigenvalue weighted by Crippen LogP contribution is -2.53. The number of nitrogens with two attached hydrogens (primary N) is 1. The quantitative estimate of drug-likeness (QED) is 0.880. The number of aryl methyl sites for hydroxylation is 1. The van der Waals surface area contributed by atoms with Crippen LogP contribution in [0.15, 0.2) is 24.3 Å². The van der Waals surface area contributed by atoms with Crippen LogP contribution in [0, 0.1) is 12.8 Å². The second kappa shape index (κ2) is 5.99. The molecule has 5 nitrogen and oxygen atoms in total. The maximum absolute atomic E-state index is 13.0. The molecule has 1 heterocycles. The van der Waals surface area contributed by atoms with Crippen LogP contribution < -0.4 is 11.1 Å². The Balaban J connectivity index is 1.70. The molecule has 0 spiro atoms. The molecule has 0 radical (unpaired) electrons. The molecule has 1 fully saturated rings. The SMILES string of the molecule is Cc1ccccc1-n1nc(C(=O)NC(C)(CN)C2CC2)c2c1CCC2. The van der Waals surface area contributed by atoms with E-state index in [1.165, 1.54) is 5.69 Å². The van der Waals surface area contributed by atoms with Gasteiger partial charge in [-0.2, -0.15) is 5.10 Å². The molecular weight excluding hydrogens is 312 g/mol. The van der Waals surface area contributed by atoms with E-state index in [1.807, 2.05) is 16.8 Å². The zero-order valence-electron chi connectivity index (χ0n) is 15.0. The fourth-order valence-corrected chi connectivity index (χ4v) is 3.98. The lowest BCUT2D eigenvalue weighted by molar-refractivity contribution is 0.0891. The van der Waals surface area contributed by atoms with Gasteiger partial charge in [-0.1, -0.05) is 18.2 Å². The molecular formula is C20H26N4O. The summed E-state index contributed by atoms with van der Waals surface area (Å²) in [6.45, 7) is 4.60. The number of nitrogens with one attached hydrogen (secondary N) is 1. The van der Waals surface area contributed by atoms with E-state index < -0.39 is 0 Å². The van der Waals surface area contributed by atoms with Gasteiger partial charge in [0.2, 0.25) is 0 Å². The summed E-state index contributed by atoms with van der Waals surface area (Å²) < 4.78 is 1.98. The molecule has 1 aromatic carbocycles. The van der Waals surface area contributed by atoms with Gasteiger partial charge in [0.25, 0.3) is 5.91 Å². The molecule has 1 aromatic heterocycles. The molecule has 0 aliphatic heterocycles. The van der Waals surface area contributed by atoms with Crippen molar-refractivity contribution >= 4 is 5.91 Å². The number of nitrogens with zero attached hydrogens (tertiary/aromatic N) is 2. The Morgan fingerprint density at radius 1 is 1.36 bits per heavy atom. The van der Waals surface area contributed by atoms with Gasteiger partial charge >= 0.3 is 0 Å². The van der Waals surface area contributed by atoms with Crippen molar-refractivity contribution in [3.8, 4) is 5.69 Å². The van der Waals surface area contributed by atoms with Crippen molar-refractivity contribution in [3.63, 3.8) is 0 Å². The number of para-hydroxylation sites is 1. The molecule has 4 rings (SSSR count). The van der Waals surface area contributed by atoms with Gasteiger partial charge < -0.3 is 11.1 Å². The van der Waals surface area contributed by atoms with Crippen LogP contribution in [0.5, 0.6) is 0 Å². The van der Waals surface area contributed by atoms with Crippen LogP contribution in [-0.2, 0) is 12.8 Å². The first kappa shape index (κ1) is 16.3. The molecule has 1 unspecified atom stereocenters. The van der Waals surface area contributed by atoms with Gasteiger partial charge in [0.05, 0.1) is 11.2 Å². The molecule has 2 aliphatic rings. The standard InChI is InChI=1S/C20H26N4O/c1-13-6-3-4-8-16(13)24-17-9-5-7-15(17)18(23-24)19(25)22-20(2,12-21)14-10-11-14/h3-4,6,8,14H,5,7,9-12,21H2,1-2H3,(H,22,25). The maximum Gasteiger partial charge on any atom is 0.272 e. The molecule has 1 saturated carbocycles. The number of rotatable bonds is 5. The average Bonchev–Trinajstić information content (AvgIpc) is 3.25. The van der Waals surface area contributed by atoms with Gasteiger partial charge in [0.1, 0.15) is 0 Å². The van der Waals surface area contributed by atoms with Crippen molar-refractivity contribution < 1.29 is 4.79 Å². The summed E-state index contributed by atoms with van der Waals surface area (Å²) in [5.41, 5.74) is 10.7. The predicted octanol–water partition coefficient (Wildman–Crippen LogP) is 2.53. The van der Waals surface area contributed by atoms with Crippen LogP contribution in [-0.4, -0.2) is 27.8 Å². The first-order valence-electron chi connectivity index (χ1n) is 9.23. The third-order valence-corrected chi connectivity index (χ3v) is 5.79. The van der Waals surface area contributed by atoms with E-state index in [-0.39, 0.29) is 11.4 Å². The Bertz CT molecular complexity index is 821. The molecule has 3 N–H and O–H groups in total.